The van der Waals surface area contributed by atoms with E-state index < -0.39 is 10.8 Å². The van der Waals surface area contributed by atoms with Gasteiger partial charge in [0.25, 0.3) is 5.69 Å². The second kappa shape index (κ2) is 8.17. The van der Waals surface area contributed by atoms with Crippen molar-refractivity contribution in [1.29, 1.82) is 0 Å². The first kappa shape index (κ1) is 19.9. The van der Waals surface area contributed by atoms with Crippen molar-refractivity contribution in [2.45, 2.75) is 10.8 Å². The maximum Gasteiger partial charge on any atom is 0.274 e. The molecule has 0 aliphatic carbocycles. The van der Waals surface area contributed by atoms with Gasteiger partial charge >= 0.3 is 0 Å². The van der Waals surface area contributed by atoms with E-state index in [4.69, 9.17) is 5.73 Å². The second-order valence-corrected chi connectivity index (χ2v) is 8.09. The molecule has 0 atom stereocenters. The Kier molecular flexibility index (Phi) is 5.42. The van der Waals surface area contributed by atoms with E-state index in [0.717, 1.165) is 21.3 Å². The number of hydrogen-bond acceptors (Lipinski definition) is 7. The van der Waals surface area contributed by atoms with Gasteiger partial charge in [-0.25, -0.2) is 14.4 Å². The predicted octanol–water partition coefficient (Wildman–Crippen LogP) is 4.80. The number of nitrogens with two attached hydrogens (primary N) is 1. The molecule has 0 saturated heterocycles. The molecule has 0 saturated carbocycles. The van der Waals surface area contributed by atoms with E-state index in [2.05, 4.69) is 9.97 Å². The van der Waals surface area contributed by atoms with Crippen molar-refractivity contribution in [3.63, 3.8) is 0 Å². The zero-order valence-corrected chi connectivity index (χ0v) is 16.9. The molecule has 2 N–H and O–H groups in total. The highest BCUT2D eigenvalue weighted by atomic mass is 32.2. The molecule has 0 spiro atoms. The van der Waals surface area contributed by atoms with Crippen molar-refractivity contribution in [1.82, 2.24) is 9.97 Å². The van der Waals surface area contributed by atoms with Gasteiger partial charge in [-0.3, -0.25) is 14.9 Å². The lowest BCUT2D eigenvalue weighted by Gasteiger charge is -2.07. The van der Waals surface area contributed by atoms with E-state index in [1.807, 2.05) is 5.38 Å². The number of primary amides is 1. The molecular formula is C20H13FN4O3S2. The van der Waals surface area contributed by atoms with Crippen LogP contribution >= 0.6 is 23.1 Å². The van der Waals surface area contributed by atoms with Gasteiger partial charge in [0.2, 0.25) is 5.91 Å². The van der Waals surface area contributed by atoms with Crippen LogP contribution in [0.15, 0.2) is 59.2 Å². The molecule has 1 amide bonds. The Morgan fingerprint density at radius 3 is 2.67 bits per heavy atom. The molecule has 150 valence electrons. The number of thioether (sulfide) groups is 1. The summed E-state index contributed by atoms with van der Waals surface area (Å²) in [6.45, 7) is 0. The Balaban J connectivity index is 1.70. The number of rotatable bonds is 6. The summed E-state index contributed by atoms with van der Waals surface area (Å²) in [4.78, 5) is 31.7. The summed E-state index contributed by atoms with van der Waals surface area (Å²) < 4.78 is 13.3. The first-order valence-electron chi connectivity index (χ1n) is 8.62. The Morgan fingerprint density at radius 2 is 1.97 bits per heavy atom. The van der Waals surface area contributed by atoms with Crippen LogP contribution in [0.1, 0.15) is 15.9 Å². The first-order chi connectivity index (χ1) is 14.4. The molecule has 0 radical (unpaired) electrons. The van der Waals surface area contributed by atoms with Gasteiger partial charge in [-0.1, -0.05) is 18.2 Å². The van der Waals surface area contributed by atoms with Gasteiger partial charge in [-0.05, 0) is 23.8 Å². The monoisotopic (exact) mass is 440 g/mol. The largest absolute Gasteiger partial charge is 0.366 e. The van der Waals surface area contributed by atoms with Crippen LogP contribution in [0.5, 0.6) is 0 Å². The van der Waals surface area contributed by atoms with Crippen molar-refractivity contribution < 1.29 is 14.1 Å². The van der Waals surface area contributed by atoms with Crippen LogP contribution in [0.4, 0.5) is 10.1 Å². The number of nitrogens with zero attached hydrogens (tertiary/aromatic N) is 3. The second-order valence-electron chi connectivity index (χ2n) is 6.27. The van der Waals surface area contributed by atoms with Gasteiger partial charge in [-0.15, -0.1) is 23.1 Å². The number of nitro benzene ring substituents is 1. The summed E-state index contributed by atoms with van der Waals surface area (Å²) in [6, 6.07) is 10.3. The highest BCUT2D eigenvalue weighted by Crippen LogP contribution is 2.39. The van der Waals surface area contributed by atoms with Crippen molar-refractivity contribution >= 4 is 44.9 Å². The fourth-order valence-electron chi connectivity index (χ4n) is 2.95. The van der Waals surface area contributed by atoms with E-state index in [9.17, 15) is 19.3 Å². The minimum Gasteiger partial charge on any atom is -0.366 e. The number of thiophene rings is 1. The van der Waals surface area contributed by atoms with Gasteiger partial charge in [0.1, 0.15) is 22.0 Å². The molecule has 0 fully saturated rings. The molecule has 30 heavy (non-hydrogen) atoms. The average molecular weight is 440 g/mol. The van der Waals surface area contributed by atoms with Gasteiger partial charge in [-0.2, -0.15) is 0 Å². The summed E-state index contributed by atoms with van der Waals surface area (Å²) in [5.41, 5.74) is 7.28. The molecule has 0 bridgehead atoms. The van der Waals surface area contributed by atoms with Crippen LogP contribution in [-0.2, 0) is 5.75 Å². The van der Waals surface area contributed by atoms with E-state index in [-0.39, 0.29) is 22.8 Å². The third kappa shape index (κ3) is 3.87. The Hall–Kier alpha value is -3.37. The molecule has 2 aromatic heterocycles. The van der Waals surface area contributed by atoms with Gasteiger partial charge in [0.15, 0.2) is 0 Å². The number of halogens is 1. The number of aromatic nitrogens is 2. The Bertz CT molecular complexity index is 1280. The summed E-state index contributed by atoms with van der Waals surface area (Å²) >= 11 is 2.77. The van der Waals surface area contributed by atoms with E-state index >= 15 is 0 Å². The van der Waals surface area contributed by atoms with E-state index in [0.29, 0.717) is 10.6 Å². The van der Waals surface area contributed by atoms with Crippen LogP contribution in [-0.4, -0.2) is 20.8 Å². The van der Waals surface area contributed by atoms with E-state index in [1.54, 1.807) is 12.1 Å². The molecular weight excluding hydrogens is 427 g/mol. The maximum absolute atomic E-state index is 13.3. The molecule has 0 aliphatic heterocycles. The normalized spacial score (nSPS) is 11.0. The average Bonchev–Trinajstić information content (AvgIpc) is 3.17. The number of hydrogen-bond donors (Lipinski definition) is 1. The lowest BCUT2D eigenvalue weighted by molar-refractivity contribution is -0.385. The molecule has 0 unspecified atom stereocenters. The van der Waals surface area contributed by atoms with Crippen molar-refractivity contribution in [3.8, 4) is 11.1 Å². The number of fused-ring (bicyclic) bond motifs is 1. The van der Waals surface area contributed by atoms with Gasteiger partial charge in [0.05, 0.1) is 10.3 Å². The smallest absolute Gasteiger partial charge is 0.274 e. The highest BCUT2D eigenvalue weighted by molar-refractivity contribution is 7.98. The summed E-state index contributed by atoms with van der Waals surface area (Å²) in [5, 5.41) is 14.8. The lowest BCUT2D eigenvalue weighted by atomic mass is 10.1. The van der Waals surface area contributed by atoms with Crippen molar-refractivity contribution in [2.75, 3.05) is 0 Å². The molecule has 2 heterocycles. The molecule has 7 nitrogen and oxygen atoms in total. The Morgan fingerprint density at radius 1 is 1.20 bits per heavy atom. The SMILES string of the molecule is NC(=O)c1ccc(CSc2ncnc3scc(-c4ccc(F)cc4)c23)c([N+](=O)[O-])c1. The summed E-state index contributed by atoms with van der Waals surface area (Å²) in [7, 11) is 0. The predicted molar refractivity (Wildman–Crippen MR) is 114 cm³/mol. The summed E-state index contributed by atoms with van der Waals surface area (Å²) in [6.07, 6.45) is 1.44. The third-order valence-corrected chi connectivity index (χ3v) is 6.35. The molecule has 2 aromatic carbocycles. The molecule has 10 heteroatoms. The van der Waals surface area contributed by atoms with Crippen LogP contribution in [0.25, 0.3) is 21.3 Å². The van der Waals surface area contributed by atoms with E-state index in [1.165, 1.54) is 59.8 Å². The third-order valence-electron chi connectivity index (χ3n) is 4.42. The number of carbonyl (C=O) groups is 1. The minimum atomic E-state index is -0.725. The van der Waals surface area contributed by atoms with Crippen molar-refractivity contribution in [3.05, 3.63) is 81.2 Å². The fourth-order valence-corrected chi connectivity index (χ4v) is 4.94. The zero-order chi connectivity index (χ0) is 21.3. The van der Waals surface area contributed by atoms with Crippen LogP contribution in [0.3, 0.4) is 0 Å². The number of benzene rings is 2. The molecule has 4 rings (SSSR count). The fraction of sp³-hybridized carbons (Fsp3) is 0.0500. The van der Waals surface area contributed by atoms with Crippen LogP contribution in [0, 0.1) is 15.9 Å². The van der Waals surface area contributed by atoms with Crippen LogP contribution in [0.2, 0.25) is 0 Å². The lowest BCUT2D eigenvalue weighted by Crippen LogP contribution is -2.11. The summed E-state index contributed by atoms with van der Waals surface area (Å²) in [5.74, 6) is -0.784. The standard InChI is InChI=1S/C20H13FN4O3S2/c21-14-5-3-11(4-6-14)15-9-30-20-17(15)19(23-10-24-20)29-8-13-2-1-12(18(22)26)7-16(13)25(27)28/h1-7,9-10H,8H2,(H2,22,26). The van der Waals surface area contributed by atoms with Crippen molar-refractivity contribution in [2.24, 2.45) is 5.73 Å². The molecule has 0 aliphatic rings. The number of nitro groups is 1. The number of amides is 1. The topological polar surface area (TPSA) is 112 Å². The first-order valence-corrected chi connectivity index (χ1v) is 10.5. The van der Waals surface area contributed by atoms with Crippen LogP contribution < -0.4 is 5.73 Å². The zero-order valence-electron chi connectivity index (χ0n) is 15.2. The minimum absolute atomic E-state index is 0.0799. The van der Waals surface area contributed by atoms with Gasteiger partial charge in [0, 0.05) is 33.9 Å². The Labute approximate surface area is 177 Å². The molecule has 4 aromatic rings. The van der Waals surface area contributed by atoms with Gasteiger partial charge < -0.3 is 5.73 Å². The maximum atomic E-state index is 13.3. The highest BCUT2D eigenvalue weighted by Gasteiger charge is 2.19. The number of carbonyl (C=O) groups excluding carboxylic acids is 1. The quantitative estimate of drug-likeness (QED) is 0.200.